The first-order valence-electron chi connectivity index (χ1n) is 5.73. The van der Waals surface area contributed by atoms with Crippen LogP contribution in [0, 0.1) is 5.41 Å². The van der Waals surface area contributed by atoms with Crippen LogP contribution < -0.4 is 0 Å². The molecule has 0 saturated heterocycles. The third-order valence-corrected chi connectivity index (χ3v) is 3.20. The summed E-state index contributed by atoms with van der Waals surface area (Å²) in [6.45, 7) is 3.67. The number of hydrogen-bond acceptors (Lipinski definition) is 4. The zero-order chi connectivity index (χ0) is 12.2. The lowest BCUT2D eigenvalue weighted by molar-refractivity contribution is -0.155. The van der Waals surface area contributed by atoms with E-state index in [9.17, 15) is 14.4 Å². The third-order valence-electron chi connectivity index (χ3n) is 3.20. The van der Waals surface area contributed by atoms with E-state index in [0.717, 1.165) is 25.7 Å². The van der Waals surface area contributed by atoms with Gasteiger partial charge < -0.3 is 4.74 Å². The van der Waals surface area contributed by atoms with Crippen LogP contribution in [0.5, 0.6) is 0 Å². The number of esters is 1. The molecule has 0 aromatic rings. The zero-order valence-electron chi connectivity index (χ0n) is 9.88. The van der Waals surface area contributed by atoms with Crippen LogP contribution in [-0.4, -0.2) is 24.1 Å². The minimum atomic E-state index is -0.891. The van der Waals surface area contributed by atoms with Crippen molar-refractivity contribution in [2.24, 2.45) is 5.41 Å². The lowest BCUT2D eigenvalue weighted by Gasteiger charge is -2.20. The summed E-state index contributed by atoms with van der Waals surface area (Å²) < 4.78 is 4.56. The van der Waals surface area contributed by atoms with Crippen LogP contribution in [-0.2, 0) is 19.1 Å². The summed E-state index contributed by atoms with van der Waals surface area (Å²) in [4.78, 5) is 34.3. The normalized spacial score (nSPS) is 18.1. The lowest BCUT2D eigenvalue weighted by atomic mass is 9.82. The standard InChI is InChI=1S/C12H18O4/c1-3-16-11(15)9(13)8-10(14)12(2)6-4-5-7-12/h3-8H2,1-2H3. The predicted molar refractivity (Wildman–Crippen MR) is 57.8 cm³/mol. The second-order valence-electron chi connectivity index (χ2n) is 4.51. The predicted octanol–water partition coefficient (Wildman–Crippen LogP) is 1.66. The van der Waals surface area contributed by atoms with Gasteiger partial charge in [-0.15, -0.1) is 0 Å². The molecule has 0 unspecified atom stereocenters. The molecular weight excluding hydrogens is 208 g/mol. The SMILES string of the molecule is CCOC(=O)C(=O)CC(=O)C1(C)CCCC1. The quantitative estimate of drug-likeness (QED) is 0.406. The molecule has 1 saturated carbocycles. The highest BCUT2D eigenvalue weighted by atomic mass is 16.5. The molecule has 0 aliphatic heterocycles. The summed E-state index contributed by atoms with van der Waals surface area (Å²) in [5.74, 6) is -1.74. The Kier molecular flexibility index (Phi) is 4.21. The minimum Gasteiger partial charge on any atom is -0.460 e. The van der Waals surface area contributed by atoms with Crippen LogP contribution in [0.25, 0.3) is 0 Å². The van der Waals surface area contributed by atoms with Crippen molar-refractivity contribution < 1.29 is 19.1 Å². The molecule has 1 aliphatic rings. The van der Waals surface area contributed by atoms with Crippen molar-refractivity contribution in [1.29, 1.82) is 0 Å². The minimum absolute atomic E-state index is 0.122. The first kappa shape index (κ1) is 12.9. The molecule has 0 amide bonds. The fourth-order valence-electron chi connectivity index (χ4n) is 2.08. The van der Waals surface area contributed by atoms with Crippen LogP contribution in [0.1, 0.15) is 46.0 Å². The van der Waals surface area contributed by atoms with E-state index in [1.807, 2.05) is 6.92 Å². The van der Waals surface area contributed by atoms with Crippen molar-refractivity contribution in [2.75, 3.05) is 6.61 Å². The first-order valence-corrected chi connectivity index (χ1v) is 5.73. The molecule has 1 fully saturated rings. The summed E-state index contributed by atoms with van der Waals surface area (Å²) in [6.07, 6.45) is 3.38. The van der Waals surface area contributed by atoms with Crippen LogP contribution in [0.4, 0.5) is 0 Å². The van der Waals surface area contributed by atoms with E-state index in [0.29, 0.717) is 0 Å². The van der Waals surface area contributed by atoms with E-state index in [4.69, 9.17) is 0 Å². The van der Waals surface area contributed by atoms with Gasteiger partial charge >= 0.3 is 5.97 Å². The van der Waals surface area contributed by atoms with Crippen molar-refractivity contribution in [3.05, 3.63) is 0 Å². The van der Waals surface area contributed by atoms with Gasteiger partial charge in [0.1, 0.15) is 5.78 Å². The molecule has 0 aromatic heterocycles. The monoisotopic (exact) mass is 226 g/mol. The number of carbonyl (C=O) groups is 3. The Hall–Kier alpha value is -1.19. The molecule has 90 valence electrons. The lowest BCUT2D eigenvalue weighted by Crippen LogP contribution is -2.29. The van der Waals surface area contributed by atoms with Crippen molar-refractivity contribution >= 4 is 17.5 Å². The molecule has 0 aromatic carbocycles. The average molecular weight is 226 g/mol. The van der Waals surface area contributed by atoms with Gasteiger partial charge in [-0.2, -0.15) is 0 Å². The van der Waals surface area contributed by atoms with Gasteiger partial charge in [-0.1, -0.05) is 19.8 Å². The fourth-order valence-corrected chi connectivity index (χ4v) is 2.08. The maximum absolute atomic E-state index is 11.9. The number of Topliss-reactive ketones (excluding diaryl/α,β-unsaturated/α-hetero) is 2. The zero-order valence-corrected chi connectivity index (χ0v) is 9.88. The molecule has 0 N–H and O–H groups in total. The molecular formula is C12H18O4. The summed E-state index contributed by atoms with van der Waals surface area (Å²) in [7, 11) is 0. The van der Waals surface area contributed by atoms with Crippen LogP contribution in [0.3, 0.4) is 0 Å². The molecule has 1 rings (SSSR count). The van der Waals surface area contributed by atoms with Gasteiger partial charge in [0, 0.05) is 5.41 Å². The van der Waals surface area contributed by atoms with E-state index in [-0.39, 0.29) is 18.8 Å². The second kappa shape index (κ2) is 5.23. The Balaban J connectivity index is 2.51. The van der Waals surface area contributed by atoms with Gasteiger partial charge in [-0.05, 0) is 19.8 Å². The summed E-state index contributed by atoms with van der Waals surface area (Å²) in [5.41, 5.74) is -0.401. The molecule has 1 aliphatic carbocycles. The van der Waals surface area contributed by atoms with Gasteiger partial charge in [-0.25, -0.2) is 4.79 Å². The molecule has 0 heterocycles. The highest BCUT2D eigenvalue weighted by molar-refractivity contribution is 6.37. The molecule has 0 bridgehead atoms. The van der Waals surface area contributed by atoms with E-state index < -0.39 is 17.2 Å². The van der Waals surface area contributed by atoms with E-state index in [2.05, 4.69) is 4.74 Å². The number of ether oxygens (including phenoxy) is 1. The topological polar surface area (TPSA) is 60.4 Å². The number of hydrogen-bond donors (Lipinski definition) is 0. The molecule has 16 heavy (non-hydrogen) atoms. The van der Waals surface area contributed by atoms with Crippen LogP contribution >= 0.6 is 0 Å². The number of rotatable bonds is 5. The van der Waals surface area contributed by atoms with E-state index in [1.165, 1.54) is 0 Å². The van der Waals surface area contributed by atoms with Crippen molar-refractivity contribution in [1.82, 2.24) is 0 Å². The van der Waals surface area contributed by atoms with Gasteiger partial charge in [0.05, 0.1) is 13.0 Å². The molecule has 4 nitrogen and oxygen atoms in total. The van der Waals surface area contributed by atoms with Gasteiger partial charge in [-0.3, -0.25) is 9.59 Å². The molecule has 0 spiro atoms. The highest BCUT2D eigenvalue weighted by Gasteiger charge is 2.37. The number of ketones is 2. The fraction of sp³-hybridized carbons (Fsp3) is 0.750. The van der Waals surface area contributed by atoms with E-state index in [1.54, 1.807) is 6.92 Å². The Morgan fingerprint density at radius 1 is 1.19 bits per heavy atom. The van der Waals surface area contributed by atoms with Crippen molar-refractivity contribution in [3.8, 4) is 0 Å². The Morgan fingerprint density at radius 2 is 1.75 bits per heavy atom. The maximum atomic E-state index is 11.9. The molecule has 0 radical (unpaired) electrons. The largest absolute Gasteiger partial charge is 0.460 e. The maximum Gasteiger partial charge on any atom is 0.375 e. The second-order valence-corrected chi connectivity index (χ2v) is 4.51. The smallest absolute Gasteiger partial charge is 0.375 e. The van der Waals surface area contributed by atoms with Crippen molar-refractivity contribution in [2.45, 2.75) is 46.0 Å². The summed E-state index contributed by atoms with van der Waals surface area (Å²) in [5, 5.41) is 0. The Labute approximate surface area is 95.3 Å². The summed E-state index contributed by atoms with van der Waals surface area (Å²) >= 11 is 0. The number of carbonyl (C=O) groups excluding carboxylic acids is 3. The van der Waals surface area contributed by atoms with Gasteiger partial charge in [0.25, 0.3) is 0 Å². The van der Waals surface area contributed by atoms with Gasteiger partial charge in [0.2, 0.25) is 5.78 Å². The van der Waals surface area contributed by atoms with Crippen LogP contribution in [0.2, 0.25) is 0 Å². The Morgan fingerprint density at radius 3 is 2.25 bits per heavy atom. The molecule has 0 atom stereocenters. The van der Waals surface area contributed by atoms with E-state index >= 15 is 0 Å². The Bertz CT molecular complexity index is 300. The molecule has 4 heteroatoms. The summed E-state index contributed by atoms with van der Waals surface area (Å²) in [6, 6.07) is 0. The third kappa shape index (κ3) is 2.90. The average Bonchev–Trinajstić information content (AvgIpc) is 2.66. The highest BCUT2D eigenvalue weighted by Crippen LogP contribution is 2.39. The first-order chi connectivity index (χ1) is 7.49. The van der Waals surface area contributed by atoms with Crippen molar-refractivity contribution in [3.63, 3.8) is 0 Å². The van der Waals surface area contributed by atoms with Gasteiger partial charge in [0.15, 0.2) is 0 Å². The van der Waals surface area contributed by atoms with Crippen LogP contribution in [0.15, 0.2) is 0 Å².